The maximum Gasteiger partial charge on any atom is 0.216 e. The van der Waals surface area contributed by atoms with Gasteiger partial charge in [-0.3, -0.25) is 0 Å². The van der Waals surface area contributed by atoms with Gasteiger partial charge in [0.25, 0.3) is 0 Å². The molecule has 1 unspecified atom stereocenters. The number of nitrogens with one attached hydrogen (secondary N) is 1. The van der Waals surface area contributed by atoms with E-state index in [9.17, 15) is 16.8 Å². The van der Waals surface area contributed by atoms with Crippen LogP contribution in [0.5, 0.6) is 0 Å². The largest absolute Gasteiger partial charge is 0.329 e. The summed E-state index contributed by atoms with van der Waals surface area (Å²) in [5, 5.41) is -0.813. The van der Waals surface area contributed by atoms with Crippen molar-refractivity contribution in [2.75, 3.05) is 18.1 Å². The van der Waals surface area contributed by atoms with E-state index in [1.54, 1.807) is 0 Å². The van der Waals surface area contributed by atoms with Crippen molar-refractivity contribution >= 4 is 19.9 Å². The normalized spacial score (nSPS) is 30.6. The molecule has 1 saturated carbocycles. The summed E-state index contributed by atoms with van der Waals surface area (Å²) < 4.78 is 49.8. The average molecular weight is 296 g/mol. The molecule has 0 aromatic carbocycles. The van der Waals surface area contributed by atoms with Gasteiger partial charge in [-0.25, -0.2) is 21.6 Å². The van der Waals surface area contributed by atoms with E-state index < -0.39 is 30.6 Å². The third-order valence-corrected chi connectivity index (χ3v) is 7.92. The maximum atomic E-state index is 12.2. The van der Waals surface area contributed by atoms with Gasteiger partial charge in [0.1, 0.15) is 0 Å². The molecule has 1 aliphatic heterocycles. The number of sulfone groups is 1. The second-order valence-corrected chi connectivity index (χ2v) is 9.55. The van der Waals surface area contributed by atoms with E-state index in [4.69, 9.17) is 5.73 Å². The summed E-state index contributed by atoms with van der Waals surface area (Å²) in [6.07, 6.45) is 3.59. The van der Waals surface area contributed by atoms with E-state index in [0.29, 0.717) is 0 Å². The topological polar surface area (TPSA) is 106 Å². The zero-order chi connectivity index (χ0) is 13.4. The van der Waals surface area contributed by atoms with Gasteiger partial charge in [0, 0.05) is 12.1 Å². The number of hydrogen-bond acceptors (Lipinski definition) is 5. The van der Waals surface area contributed by atoms with Crippen LogP contribution in [0.2, 0.25) is 0 Å². The van der Waals surface area contributed by atoms with E-state index in [2.05, 4.69) is 4.72 Å². The van der Waals surface area contributed by atoms with Crippen molar-refractivity contribution in [3.05, 3.63) is 0 Å². The van der Waals surface area contributed by atoms with Crippen molar-refractivity contribution in [1.82, 2.24) is 4.72 Å². The van der Waals surface area contributed by atoms with Gasteiger partial charge < -0.3 is 5.73 Å². The fourth-order valence-corrected chi connectivity index (χ4v) is 7.31. The molecule has 0 spiro atoms. The van der Waals surface area contributed by atoms with E-state index in [-0.39, 0.29) is 24.5 Å². The SMILES string of the molecule is NCC1(NS(=O)(=O)C2CCS(=O)(=O)C2)CCCC1. The Morgan fingerprint density at radius 3 is 2.33 bits per heavy atom. The van der Waals surface area contributed by atoms with Gasteiger partial charge in [0.15, 0.2) is 9.84 Å². The van der Waals surface area contributed by atoms with E-state index in [1.165, 1.54) is 0 Å². The lowest BCUT2D eigenvalue weighted by atomic mass is 10.0. The molecule has 0 amide bonds. The fourth-order valence-electron chi connectivity index (χ4n) is 2.79. The number of sulfonamides is 1. The summed E-state index contributed by atoms with van der Waals surface area (Å²) in [5.74, 6) is -0.294. The lowest BCUT2D eigenvalue weighted by Gasteiger charge is -2.29. The zero-order valence-electron chi connectivity index (χ0n) is 10.3. The minimum atomic E-state index is -3.59. The molecule has 2 rings (SSSR count). The summed E-state index contributed by atoms with van der Waals surface area (Å²) in [6, 6.07) is 0. The first-order valence-electron chi connectivity index (χ1n) is 6.22. The molecule has 1 heterocycles. The monoisotopic (exact) mass is 296 g/mol. The third kappa shape index (κ3) is 2.87. The summed E-state index contributed by atoms with van der Waals surface area (Å²) >= 11 is 0. The predicted octanol–water partition coefficient (Wildman–Crippen LogP) is -0.636. The Labute approximate surface area is 108 Å². The van der Waals surface area contributed by atoms with Crippen molar-refractivity contribution < 1.29 is 16.8 Å². The van der Waals surface area contributed by atoms with Crippen LogP contribution in [0.3, 0.4) is 0 Å². The molecule has 106 valence electrons. The molecule has 6 nitrogen and oxygen atoms in total. The molecule has 0 aromatic rings. The predicted molar refractivity (Wildman–Crippen MR) is 69.4 cm³/mol. The maximum absolute atomic E-state index is 12.2. The van der Waals surface area contributed by atoms with Gasteiger partial charge in [-0.05, 0) is 19.3 Å². The molecular formula is C10H20N2O4S2. The van der Waals surface area contributed by atoms with Crippen molar-refractivity contribution in [1.29, 1.82) is 0 Å². The Hall–Kier alpha value is -0.180. The Kier molecular flexibility index (Phi) is 3.74. The van der Waals surface area contributed by atoms with E-state index in [0.717, 1.165) is 25.7 Å². The van der Waals surface area contributed by atoms with Crippen LogP contribution in [-0.2, 0) is 19.9 Å². The highest BCUT2D eigenvalue weighted by atomic mass is 32.2. The van der Waals surface area contributed by atoms with Crippen LogP contribution in [0.1, 0.15) is 32.1 Å². The average Bonchev–Trinajstić information content (AvgIpc) is 2.85. The Bertz CT molecular complexity index is 506. The van der Waals surface area contributed by atoms with Gasteiger partial charge >= 0.3 is 0 Å². The lowest BCUT2D eigenvalue weighted by molar-refractivity contribution is 0.397. The van der Waals surface area contributed by atoms with E-state index in [1.807, 2.05) is 0 Å². The highest BCUT2D eigenvalue weighted by Crippen LogP contribution is 2.31. The molecule has 1 saturated heterocycles. The van der Waals surface area contributed by atoms with Crippen LogP contribution in [0, 0.1) is 0 Å². The molecule has 0 radical (unpaired) electrons. The molecule has 1 atom stereocenters. The highest BCUT2D eigenvalue weighted by molar-refractivity contribution is 7.95. The van der Waals surface area contributed by atoms with Gasteiger partial charge in [-0.2, -0.15) is 0 Å². The second-order valence-electron chi connectivity index (χ2n) is 5.36. The summed E-state index contributed by atoms with van der Waals surface area (Å²) in [6.45, 7) is 0.270. The van der Waals surface area contributed by atoms with Crippen LogP contribution < -0.4 is 10.5 Å². The van der Waals surface area contributed by atoms with Gasteiger partial charge in [0.05, 0.1) is 16.8 Å². The minimum Gasteiger partial charge on any atom is -0.329 e. The number of rotatable bonds is 4. The molecule has 0 bridgehead atoms. The zero-order valence-corrected chi connectivity index (χ0v) is 11.9. The standard InChI is InChI=1S/C10H20N2O4S2/c11-8-10(4-1-2-5-10)12-18(15,16)9-3-6-17(13,14)7-9/h9,12H,1-8,11H2. The first-order valence-corrected chi connectivity index (χ1v) is 9.59. The fraction of sp³-hybridized carbons (Fsp3) is 1.00. The van der Waals surface area contributed by atoms with E-state index >= 15 is 0 Å². The summed E-state index contributed by atoms with van der Waals surface area (Å²) in [4.78, 5) is 0. The van der Waals surface area contributed by atoms with Gasteiger partial charge in [-0.15, -0.1) is 0 Å². The smallest absolute Gasteiger partial charge is 0.216 e. The summed E-state index contributed by atoms with van der Waals surface area (Å²) in [5.41, 5.74) is 5.13. The van der Waals surface area contributed by atoms with Crippen LogP contribution in [0.25, 0.3) is 0 Å². The number of nitrogens with two attached hydrogens (primary N) is 1. The molecule has 8 heteroatoms. The lowest BCUT2D eigenvalue weighted by Crippen LogP contribution is -2.54. The first-order chi connectivity index (χ1) is 8.29. The molecule has 3 N–H and O–H groups in total. The van der Waals surface area contributed by atoms with Crippen LogP contribution >= 0.6 is 0 Å². The quantitative estimate of drug-likeness (QED) is 0.718. The van der Waals surface area contributed by atoms with Gasteiger partial charge in [0.2, 0.25) is 10.0 Å². The Morgan fingerprint density at radius 1 is 1.28 bits per heavy atom. The van der Waals surface area contributed by atoms with Gasteiger partial charge in [-0.1, -0.05) is 12.8 Å². The molecule has 2 aliphatic rings. The molecular weight excluding hydrogens is 276 g/mol. The minimum absolute atomic E-state index is 0.0335. The molecule has 0 aromatic heterocycles. The Balaban J connectivity index is 2.13. The van der Waals surface area contributed by atoms with Crippen molar-refractivity contribution in [2.45, 2.75) is 42.9 Å². The number of hydrogen-bond donors (Lipinski definition) is 2. The van der Waals surface area contributed by atoms with Crippen LogP contribution in [-0.4, -0.2) is 45.7 Å². The highest BCUT2D eigenvalue weighted by Gasteiger charge is 2.42. The molecule has 18 heavy (non-hydrogen) atoms. The Morgan fingerprint density at radius 2 is 1.89 bits per heavy atom. The third-order valence-electron chi connectivity index (χ3n) is 3.94. The van der Waals surface area contributed by atoms with Crippen molar-refractivity contribution in [2.24, 2.45) is 5.73 Å². The van der Waals surface area contributed by atoms with Crippen LogP contribution in [0.4, 0.5) is 0 Å². The molecule has 2 fully saturated rings. The van der Waals surface area contributed by atoms with Crippen molar-refractivity contribution in [3.63, 3.8) is 0 Å². The summed E-state index contributed by atoms with van der Waals surface area (Å²) in [7, 11) is -6.78. The van der Waals surface area contributed by atoms with Crippen molar-refractivity contribution in [3.8, 4) is 0 Å². The first kappa shape index (κ1) is 14.2. The van der Waals surface area contributed by atoms with Crippen LogP contribution in [0.15, 0.2) is 0 Å². The molecule has 1 aliphatic carbocycles. The second kappa shape index (κ2) is 4.73.